The number of benzene rings is 1. The van der Waals surface area contributed by atoms with Crippen molar-refractivity contribution in [3.63, 3.8) is 0 Å². The summed E-state index contributed by atoms with van der Waals surface area (Å²) in [5, 5.41) is 13.7. The first-order valence-electron chi connectivity index (χ1n) is 6.28. The average molecular weight is 288 g/mol. The third kappa shape index (κ3) is 3.02. The van der Waals surface area contributed by atoms with Crippen LogP contribution in [-0.4, -0.2) is 20.9 Å². The van der Waals surface area contributed by atoms with Gasteiger partial charge < -0.3 is 5.11 Å². The summed E-state index contributed by atoms with van der Waals surface area (Å²) in [7, 11) is 1.35. The zero-order valence-electron chi connectivity index (χ0n) is 12.0. The number of aromatic amines is 1. The first-order valence-corrected chi connectivity index (χ1v) is 6.28. The summed E-state index contributed by atoms with van der Waals surface area (Å²) in [6, 6.07) is 5.79. The van der Waals surface area contributed by atoms with Crippen LogP contribution < -0.4 is 16.7 Å². The van der Waals surface area contributed by atoms with Gasteiger partial charge in [-0.2, -0.15) is 5.10 Å². The van der Waals surface area contributed by atoms with Crippen LogP contribution in [0, 0.1) is 13.8 Å². The average Bonchev–Trinajstić information content (AvgIpc) is 2.42. The van der Waals surface area contributed by atoms with Gasteiger partial charge in [0.25, 0.3) is 5.56 Å². The second-order valence-corrected chi connectivity index (χ2v) is 4.74. The maximum absolute atomic E-state index is 11.6. The highest BCUT2D eigenvalue weighted by Crippen LogP contribution is 2.15. The van der Waals surface area contributed by atoms with Crippen molar-refractivity contribution in [2.75, 3.05) is 5.43 Å². The summed E-state index contributed by atoms with van der Waals surface area (Å²) in [5.74, 6) is -0.435. The summed E-state index contributed by atoms with van der Waals surface area (Å²) < 4.78 is 0.930. The molecule has 0 radical (unpaired) electrons. The molecular formula is C14H16N4O3. The summed E-state index contributed by atoms with van der Waals surface area (Å²) >= 11 is 0. The summed E-state index contributed by atoms with van der Waals surface area (Å²) in [6.07, 6.45) is 1.17. The fourth-order valence-corrected chi connectivity index (χ4v) is 1.85. The Morgan fingerprint density at radius 3 is 2.71 bits per heavy atom. The molecule has 0 aliphatic heterocycles. The fraction of sp³-hybridized carbons (Fsp3) is 0.214. The number of rotatable bonds is 3. The molecule has 2 aromatic rings. The van der Waals surface area contributed by atoms with Crippen LogP contribution in [0.25, 0.3) is 0 Å². The van der Waals surface area contributed by atoms with Gasteiger partial charge in [0.2, 0.25) is 5.88 Å². The number of aromatic hydroxyl groups is 1. The molecule has 21 heavy (non-hydrogen) atoms. The van der Waals surface area contributed by atoms with Crippen LogP contribution in [0.1, 0.15) is 16.7 Å². The van der Waals surface area contributed by atoms with Crippen LogP contribution in [0.5, 0.6) is 5.88 Å². The van der Waals surface area contributed by atoms with Crippen molar-refractivity contribution in [2.24, 2.45) is 12.1 Å². The Kier molecular flexibility index (Phi) is 3.93. The molecular weight excluding hydrogens is 272 g/mol. The Morgan fingerprint density at radius 2 is 2.05 bits per heavy atom. The molecule has 0 fully saturated rings. The minimum Gasteiger partial charge on any atom is -0.494 e. The summed E-state index contributed by atoms with van der Waals surface area (Å²) in [6.45, 7) is 3.92. The molecule has 0 atom stereocenters. The SMILES string of the molecule is Cc1ccc(NN=Cc2c(O)n(C)c(=O)[nH]c2=O)c(C)c1. The number of H-pyrrole nitrogens is 1. The van der Waals surface area contributed by atoms with Crippen molar-refractivity contribution < 1.29 is 5.11 Å². The highest BCUT2D eigenvalue weighted by atomic mass is 16.3. The molecule has 0 aliphatic carbocycles. The van der Waals surface area contributed by atoms with Crippen molar-refractivity contribution in [3.8, 4) is 5.88 Å². The standard InChI is InChI=1S/C14H16N4O3/c1-8-4-5-11(9(2)6-8)17-15-7-10-12(19)16-14(21)18(3)13(10)20/h4-7,17,20H,1-3H3,(H,16,19,21). The largest absolute Gasteiger partial charge is 0.494 e. The molecule has 110 valence electrons. The van der Waals surface area contributed by atoms with Gasteiger partial charge in [0, 0.05) is 7.05 Å². The van der Waals surface area contributed by atoms with Crippen LogP contribution in [0.4, 0.5) is 5.69 Å². The van der Waals surface area contributed by atoms with E-state index in [1.54, 1.807) is 0 Å². The third-order valence-electron chi connectivity index (χ3n) is 3.09. The second-order valence-electron chi connectivity index (χ2n) is 4.74. The number of hydrogen-bond donors (Lipinski definition) is 3. The number of nitrogens with zero attached hydrogens (tertiary/aromatic N) is 2. The van der Waals surface area contributed by atoms with E-state index in [0.29, 0.717) is 0 Å². The molecule has 3 N–H and O–H groups in total. The molecule has 0 spiro atoms. The zero-order valence-corrected chi connectivity index (χ0v) is 12.0. The summed E-state index contributed by atoms with van der Waals surface area (Å²) in [4.78, 5) is 25.0. The van der Waals surface area contributed by atoms with Crippen molar-refractivity contribution in [1.29, 1.82) is 0 Å². The zero-order chi connectivity index (χ0) is 15.6. The molecule has 2 rings (SSSR count). The van der Waals surface area contributed by atoms with E-state index in [4.69, 9.17) is 0 Å². The van der Waals surface area contributed by atoms with Gasteiger partial charge in [-0.15, -0.1) is 0 Å². The fourth-order valence-electron chi connectivity index (χ4n) is 1.85. The van der Waals surface area contributed by atoms with Crippen LogP contribution in [0.3, 0.4) is 0 Å². The van der Waals surface area contributed by atoms with Gasteiger partial charge in [0.15, 0.2) is 0 Å². The van der Waals surface area contributed by atoms with Gasteiger partial charge in [-0.25, -0.2) is 4.79 Å². The third-order valence-corrected chi connectivity index (χ3v) is 3.09. The van der Waals surface area contributed by atoms with Crippen molar-refractivity contribution >= 4 is 11.9 Å². The van der Waals surface area contributed by atoms with Crippen molar-refractivity contribution in [1.82, 2.24) is 9.55 Å². The molecule has 0 saturated carbocycles. The number of anilines is 1. The van der Waals surface area contributed by atoms with E-state index in [1.165, 1.54) is 13.3 Å². The normalized spacial score (nSPS) is 11.0. The Balaban J connectivity index is 2.29. The Bertz CT molecular complexity index is 818. The summed E-state index contributed by atoms with van der Waals surface area (Å²) in [5.41, 5.74) is 4.26. The Hall–Kier alpha value is -2.83. The van der Waals surface area contributed by atoms with Gasteiger partial charge >= 0.3 is 5.69 Å². The lowest BCUT2D eigenvalue weighted by Crippen LogP contribution is -2.30. The minimum atomic E-state index is -0.693. The quantitative estimate of drug-likeness (QED) is 0.575. The lowest BCUT2D eigenvalue weighted by Gasteiger charge is -2.06. The van der Waals surface area contributed by atoms with Crippen molar-refractivity contribution in [3.05, 3.63) is 55.7 Å². The lowest BCUT2D eigenvalue weighted by atomic mass is 10.1. The second kappa shape index (κ2) is 5.66. The predicted octanol–water partition coefficient (Wildman–Crippen LogP) is 0.842. The van der Waals surface area contributed by atoms with Gasteiger partial charge in [-0.1, -0.05) is 17.7 Å². The molecule has 7 heteroatoms. The maximum atomic E-state index is 11.6. The van der Waals surface area contributed by atoms with Crippen LogP contribution in [0.2, 0.25) is 0 Å². The molecule has 0 bridgehead atoms. The first-order chi connectivity index (χ1) is 9.90. The number of aromatic nitrogens is 2. The van der Waals surface area contributed by atoms with E-state index in [0.717, 1.165) is 21.4 Å². The van der Waals surface area contributed by atoms with Crippen molar-refractivity contribution in [2.45, 2.75) is 13.8 Å². The van der Waals surface area contributed by atoms with Gasteiger partial charge in [-0.3, -0.25) is 19.8 Å². The first kappa shape index (κ1) is 14.6. The van der Waals surface area contributed by atoms with E-state index in [-0.39, 0.29) is 5.56 Å². The van der Waals surface area contributed by atoms with Crippen LogP contribution >= 0.6 is 0 Å². The van der Waals surface area contributed by atoms with Crippen LogP contribution in [-0.2, 0) is 7.05 Å². The topological polar surface area (TPSA) is 99.5 Å². The monoisotopic (exact) mass is 288 g/mol. The smallest absolute Gasteiger partial charge is 0.330 e. The van der Waals surface area contributed by atoms with Gasteiger partial charge in [0.05, 0.1) is 11.9 Å². The maximum Gasteiger partial charge on any atom is 0.330 e. The van der Waals surface area contributed by atoms with E-state index in [2.05, 4.69) is 15.5 Å². The van der Waals surface area contributed by atoms with E-state index >= 15 is 0 Å². The number of nitrogens with one attached hydrogen (secondary N) is 2. The molecule has 0 amide bonds. The lowest BCUT2D eigenvalue weighted by molar-refractivity contribution is 0.417. The number of hydrogen-bond acceptors (Lipinski definition) is 5. The number of hydrazone groups is 1. The molecule has 1 aromatic carbocycles. The molecule has 0 aliphatic rings. The highest BCUT2D eigenvalue weighted by Gasteiger charge is 2.09. The molecule has 0 unspecified atom stereocenters. The van der Waals surface area contributed by atoms with Crippen LogP contribution in [0.15, 0.2) is 32.9 Å². The molecule has 1 aromatic heterocycles. The van der Waals surface area contributed by atoms with E-state index in [1.807, 2.05) is 32.0 Å². The molecule has 0 saturated heterocycles. The van der Waals surface area contributed by atoms with Gasteiger partial charge in [0.1, 0.15) is 5.56 Å². The predicted molar refractivity (Wildman–Crippen MR) is 81.1 cm³/mol. The minimum absolute atomic E-state index is 0.0886. The molecule has 1 heterocycles. The Morgan fingerprint density at radius 1 is 1.33 bits per heavy atom. The molecule has 7 nitrogen and oxygen atoms in total. The van der Waals surface area contributed by atoms with E-state index < -0.39 is 17.1 Å². The highest BCUT2D eigenvalue weighted by molar-refractivity contribution is 5.82. The van der Waals surface area contributed by atoms with E-state index in [9.17, 15) is 14.7 Å². The Labute approximate surface area is 120 Å². The van der Waals surface area contributed by atoms with Gasteiger partial charge in [-0.05, 0) is 25.5 Å². The number of aryl methyl sites for hydroxylation is 2.